The van der Waals surface area contributed by atoms with Crippen LogP contribution in [0.2, 0.25) is 0 Å². The number of rotatable bonds is 5. The molecule has 6 nitrogen and oxygen atoms in total. The lowest BCUT2D eigenvalue weighted by Gasteiger charge is -2.29. The number of carbonyl (C=O) groups excluding carboxylic acids is 2. The first kappa shape index (κ1) is 17.6. The van der Waals surface area contributed by atoms with Crippen molar-refractivity contribution in [2.75, 3.05) is 39.3 Å². The Morgan fingerprint density at radius 3 is 2.52 bits per heavy atom. The van der Waals surface area contributed by atoms with Crippen molar-refractivity contribution in [3.05, 3.63) is 46.7 Å². The van der Waals surface area contributed by atoms with Crippen LogP contribution < -0.4 is 10.2 Å². The number of nitrogens with one attached hydrogen (secondary N) is 1. The predicted molar refractivity (Wildman–Crippen MR) is 93.2 cm³/mol. The van der Waals surface area contributed by atoms with Gasteiger partial charge in [-0.15, -0.1) is 0 Å². The number of Topliss-reactive ketones (excluding diaryl/α,β-unsaturated/α-hetero) is 1. The van der Waals surface area contributed by atoms with E-state index in [1.807, 2.05) is 31.2 Å². The molecule has 1 fully saturated rings. The molecule has 6 heteroatoms. The summed E-state index contributed by atoms with van der Waals surface area (Å²) in [4.78, 5) is 27.8. The van der Waals surface area contributed by atoms with Crippen LogP contribution in [-0.2, 0) is 9.59 Å². The van der Waals surface area contributed by atoms with Gasteiger partial charge in [0, 0.05) is 0 Å². The Kier molecular flexibility index (Phi) is 5.20. The largest absolute Gasteiger partial charge is 0.503 e. The van der Waals surface area contributed by atoms with Gasteiger partial charge < -0.3 is 20.2 Å². The zero-order valence-corrected chi connectivity index (χ0v) is 14.9. The summed E-state index contributed by atoms with van der Waals surface area (Å²) in [7, 11) is 0. The second-order valence-electron chi connectivity index (χ2n) is 7.00. The van der Waals surface area contributed by atoms with E-state index in [1.165, 1.54) is 11.8 Å². The van der Waals surface area contributed by atoms with E-state index >= 15 is 0 Å². The molecule has 1 saturated heterocycles. The Balaban J connectivity index is 1.85. The molecule has 2 aliphatic rings. The first-order valence-corrected chi connectivity index (χ1v) is 8.96. The lowest BCUT2D eigenvalue weighted by Crippen LogP contribution is -3.20. The maximum atomic E-state index is 12.6. The second-order valence-corrected chi connectivity index (χ2v) is 7.00. The van der Waals surface area contributed by atoms with Gasteiger partial charge in [0.2, 0.25) is 0 Å². The number of quaternary nitrogens is 2. The molecular weight excluding hydrogens is 318 g/mol. The summed E-state index contributed by atoms with van der Waals surface area (Å²) in [6.07, 6.45) is 0. The van der Waals surface area contributed by atoms with Gasteiger partial charge in [0.1, 0.15) is 26.2 Å². The van der Waals surface area contributed by atoms with Crippen LogP contribution in [0.4, 0.5) is 0 Å². The zero-order chi connectivity index (χ0) is 18.0. The summed E-state index contributed by atoms with van der Waals surface area (Å²) >= 11 is 0. The topological polar surface area (TPSA) is 78.7 Å². The summed E-state index contributed by atoms with van der Waals surface area (Å²) in [6, 6.07) is 7.32. The van der Waals surface area contributed by atoms with Crippen molar-refractivity contribution in [3.63, 3.8) is 0 Å². The van der Waals surface area contributed by atoms with Crippen molar-refractivity contribution in [2.45, 2.75) is 19.9 Å². The number of amides is 1. The Morgan fingerprint density at radius 1 is 1.28 bits per heavy atom. The number of aliphatic hydroxyl groups is 1. The Bertz CT molecular complexity index is 690. The standard InChI is InChI=1S/C19H25N3O3/c1-13-3-5-15(6-4-13)17-16(14(2)23)18(24)19(25)22(17)12-11-21-9-7-20-8-10-21/h3-6,17,20,24H,7-12H2,1-2H3/p+2/t17-/m0/s1. The third-order valence-electron chi connectivity index (χ3n) is 5.19. The molecule has 2 heterocycles. The van der Waals surface area contributed by atoms with Crippen LogP contribution in [0.1, 0.15) is 24.1 Å². The number of hydrogen-bond acceptors (Lipinski definition) is 3. The van der Waals surface area contributed by atoms with Crippen molar-refractivity contribution >= 4 is 11.7 Å². The fraction of sp³-hybridized carbons (Fsp3) is 0.474. The van der Waals surface area contributed by atoms with Gasteiger partial charge in [0.05, 0.1) is 24.7 Å². The van der Waals surface area contributed by atoms with E-state index in [1.54, 1.807) is 4.90 Å². The van der Waals surface area contributed by atoms with Crippen LogP contribution in [-0.4, -0.2) is 61.0 Å². The van der Waals surface area contributed by atoms with E-state index in [-0.39, 0.29) is 17.1 Å². The van der Waals surface area contributed by atoms with Gasteiger partial charge in [-0.05, 0) is 19.4 Å². The van der Waals surface area contributed by atoms with Crippen molar-refractivity contribution in [1.82, 2.24) is 4.90 Å². The zero-order valence-electron chi connectivity index (χ0n) is 14.9. The molecule has 1 atom stereocenters. The number of aryl methyl sites for hydroxylation is 1. The quantitative estimate of drug-likeness (QED) is 0.623. The molecule has 0 aliphatic carbocycles. The molecule has 0 saturated carbocycles. The molecule has 134 valence electrons. The van der Waals surface area contributed by atoms with E-state index in [2.05, 4.69) is 5.32 Å². The van der Waals surface area contributed by atoms with Crippen LogP contribution in [0.5, 0.6) is 0 Å². The molecule has 0 radical (unpaired) electrons. The highest BCUT2D eigenvalue weighted by Gasteiger charge is 2.42. The molecule has 25 heavy (non-hydrogen) atoms. The molecule has 0 spiro atoms. The van der Waals surface area contributed by atoms with E-state index in [0.29, 0.717) is 6.54 Å². The maximum Gasteiger partial charge on any atom is 0.290 e. The van der Waals surface area contributed by atoms with Gasteiger partial charge in [0.25, 0.3) is 5.91 Å². The fourth-order valence-electron chi connectivity index (χ4n) is 3.75. The van der Waals surface area contributed by atoms with Gasteiger partial charge in [-0.3, -0.25) is 9.59 Å². The molecule has 1 aromatic carbocycles. The number of nitrogens with two attached hydrogens (primary N) is 1. The first-order chi connectivity index (χ1) is 12.0. The number of carbonyl (C=O) groups is 2. The van der Waals surface area contributed by atoms with Crippen LogP contribution in [0.3, 0.4) is 0 Å². The lowest BCUT2D eigenvalue weighted by atomic mass is 9.96. The summed E-state index contributed by atoms with van der Waals surface area (Å²) < 4.78 is 0. The predicted octanol–water partition coefficient (Wildman–Crippen LogP) is -1.26. The number of aliphatic hydroxyl groups excluding tert-OH is 1. The number of benzene rings is 1. The minimum atomic E-state index is -0.485. The molecule has 3 rings (SSSR count). The molecule has 2 aliphatic heterocycles. The smallest absolute Gasteiger partial charge is 0.290 e. The van der Waals surface area contributed by atoms with Gasteiger partial charge >= 0.3 is 0 Å². The average Bonchev–Trinajstić information content (AvgIpc) is 2.86. The third kappa shape index (κ3) is 3.60. The van der Waals surface area contributed by atoms with E-state index in [4.69, 9.17) is 0 Å². The van der Waals surface area contributed by atoms with Crippen LogP contribution in [0, 0.1) is 6.92 Å². The number of nitrogens with zero attached hydrogens (tertiary/aromatic N) is 1. The number of piperazine rings is 1. The van der Waals surface area contributed by atoms with Crippen molar-refractivity contribution in [3.8, 4) is 0 Å². The number of hydrogen-bond donors (Lipinski definition) is 3. The van der Waals surface area contributed by atoms with Gasteiger partial charge in [0.15, 0.2) is 11.5 Å². The van der Waals surface area contributed by atoms with E-state index in [0.717, 1.165) is 43.9 Å². The average molecular weight is 345 g/mol. The molecule has 1 amide bonds. The van der Waals surface area contributed by atoms with Crippen molar-refractivity contribution < 1.29 is 24.9 Å². The summed E-state index contributed by atoms with van der Waals surface area (Å²) in [5.74, 6) is -1.07. The Labute approximate surface area is 148 Å². The van der Waals surface area contributed by atoms with Gasteiger partial charge in [-0.25, -0.2) is 0 Å². The maximum absolute atomic E-state index is 12.6. The molecule has 4 N–H and O–H groups in total. The summed E-state index contributed by atoms with van der Waals surface area (Å²) in [5, 5.41) is 12.6. The first-order valence-electron chi connectivity index (χ1n) is 8.96. The monoisotopic (exact) mass is 345 g/mol. The Morgan fingerprint density at radius 2 is 1.92 bits per heavy atom. The fourth-order valence-corrected chi connectivity index (χ4v) is 3.75. The number of ketones is 1. The molecule has 0 unspecified atom stereocenters. The summed E-state index contributed by atoms with van der Waals surface area (Å²) in [5.41, 5.74) is 2.21. The highest BCUT2D eigenvalue weighted by molar-refractivity contribution is 6.08. The molecular formula is C19H27N3O3+2. The lowest BCUT2D eigenvalue weighted by molar-refractivity contribution is -0.946. The van der Waals surface area contributed by atoms with Gasteiger partial charge in [-0.1, -0.05) is 29.8 Å². The van der Waals surface area contributed by atoms with Crippen LogP contribution in [0.25, 0.3) is 0 Å². The summed E-state index contributed by atoms with van der Waals surface area (Å²) in [6.45, 7) is 9.15. The normalized spacial score (nSPS) is 21.9. The van der Waals surface area contributed by atoms with Crippen molar-refractivity contribution in [2.24, 2.45) is 0 Å². The van der Waals surface area contributed by atoms with Crippen LogP contribution in [0.15, 0.2) is 35.6 Å². The van der Waals surface area contributed by atoms with E-state index < -0.39 is 11.9 Å². The molecule has 0 bridgehead atoms. The van der Waals surface area contributed by atoms with Gasteiger partial charge in [-0.2, -0.15) is 0 Å². The minimum Gasteiger partial charge on any atom is -0.503 e. The SMILES string of the molecule is CC(=O)C1=C(O)C(=O)N(CC[NH+]2CC[NH2+]CC2)[C@H]1c1ccc(C)cc1. The highest BCUT2D eigenvalue weighted by atomic mass is 16.3. The minimum absolute atomic E-state index is 0.218. The molecule has 1 aromatic rings. The highest BCUT2D eigenvalue weighted by Crippen LogP contribution is 2.37. The van der Waals surface area contributed by atoms with E-state index in [9.17, 15) is 14.7 Å². The molecule has 0 aromatic heterocycles. The van der Waals surface area contributed by atoms with Crippen LogP contribution >= 0.6 is 0 Å². The third-order valence-corrected chi connectivity index (χ3v) is 5.19. The second kappa shape index (κ2) is 7.37. The Hall–Kier alpha value is -2.18. The van der Waals surface area contributed by atoms with Crippen molar-refractivity contribution in [1.29, 1.82) is 0 Å².